The Hall–Kier alpha value is -2.80. The second-order valence-corrected chi connectivity index (χ2v) is 13.9. The molecule has 0 bridgehead atoms. The van der Waals surface area contributed by atoms with Crippen molar-refractivity contribution in [3.63, 3.8) is 0 Å². The van der Waals surface area contributed by atoms with Crippen molar-refractivity contribution in [3.8, 4) is 22.3 Å². The second-order valence-electron chi connectivity index (χ2n) is 13.9. The van der Waals surface area contributed by atoms with E-state index in [-0.39, 0.29) is 70.7 Å². The molecule has 18 heteroatoms. The van der Waals surface area contributed by atoms with E-state index in [9.17, 15) is 0 Å². The summed E-state index contributed by atoms with van der Waals surface area (Å²) in [6.45, 7) is 9.67. The van der Waals surface area contributed by atoms with Gasteiger partial charge in [-0.25, -0.2) is 46.5 Å². The van der Waals surface area contributed by atoms with Gasteiger partial charge in [-0.15, -0.1) is 24.3 Å². The van der Waals surface area contributed by atoms with Crippen LogP contribution in [0.2, 0.25) is 0 Å². The Morgan fingerprint density at radius 1 is 0.237 bits per heavy atom. The average Bonchev–Trinajstić information content (AvgIpc) is 4.30. The number of methoxy groups -OCH3 is 14. The summed E-state index contributed by atoms with van der Waals surface area (Å²) in [5.74, 6) is 0. The summed E-state index contributed by atoms with van der Waals surface area (Å²) in [5.41, 5.74) is 4.38. The maximum absolute atomic E-state index is 4.66. The third-order valence-electron chi connectivity index (χ3n) is 7.97. The van der Waals surface area contributed by atoms with E-state index in [1.807, 2.05) is 158 Å². The molecule has 0 saturated carbocycles. The molecule has 0 N–H and O–H groups in total. The van der Waals surface area contributed by atoms with Gasteiger partial charge in [-0.05, 0) is 0 Å². The minimum atomic E-state index is 0. The standard InChI is InChI=1S/2C12H8.2C5H5.7C4H10O2.2Li.2Ni/c2*1-3-7-11(8-4-1)12-9-5-2-6-10-12;2*1-2-4-5-3-1;7*1-5-3-4-6-2;;;;/h2*1-7,9H;2*1-5H;7*3-4H2,1-2H3;;;;/q2*-2;2*-1;;;;;;;;2*+1;2*+2. The molecule has 0 heterocycles. The summed E-state index contributed by atoms with van der Waals surface area (Å²) in [6.07, 6.45) is 0. The average molecular weight is 1200 g/mol. The predicted molar refractivity (Wildman–Crippen MR) is 309 cm³/mol. The van der Waals surface area contributed by atoms with Crippen molar-refractivity contribution >= 4 is 0 Å². The van der Waals surface area contributed by atoms with Crippen LogP contribution in [0, 0.1) is 24.3 Å². The Bertz CT molecular complexity index is 1410. The molecule has 0 amide bonds. The van der Waals surface area contributed by atoms with Crippen LogP contribution in [0.25, 0.3) is 22.3 Å². The molecule has 0 saturated heterocycles. The zero-order chi connectivity index (χ0) is 57.3. The summed E-state index contributed by atoms with van der Waals surface area (Å²) in [5, 5.41) is 0. The first-order valence-corrected chi connectivity index (χ1v) is 24.4. The molecule has 0 aliphatic rings. The van der Waals surface area contributed by atoms with Crippen molar-refractivity contribution in [2.45, 2.75) is 0 Å². The molecule has 6 aromatic rings. The monoisotopic (exact) mass is 1190 g/mol. The molecule has 0 atom stereocenters. The molecule has 0 unspecified atom stereocenters. The van der Waals surface area contributed by atoms with E-state index in [0.29, 0.717) is 92.5 Å². The minimum absolute atomic E-state index is 0. The molecule has 450 valence electrons. The molecule has 0 radical (unpaired) electrons. The molecule has 80 heavy (non-hydrogen) atoms. The van der Waals surface area contributed by atoms with Crippen molar-refractivity contribution in [3.05, 3.63) is 182 Å². The molecule has 0 spiro atoms. The van der Waals surface area contributed by atoms with Crippen molar-refractivity contribution in [1.29, 1.82) is 0 Å². The first-order chi connectivity index (χ1) is 37.3. The third-order valence-corrected chi connectivity index (χ3v) is 7.97. The Morgan fingerprint density at radius 3 is 0.450 bits per heavy atom. The minimum Gasteiger partial charge on any atom is -0.382 e. The molecule has 0 fully saturated rings. The summed E-state index contributed by atoms with van der Waals surface area (Å²) in [4.78, 5) is 0. The van der Waals surface area contributed by atoms with Crippen molar-refractivity contribution in [2.75, 3.05) is 192 Å². The van der Waals surface area contributed by atoms with Crippen molar-refractivity contribution in [2.24, 2.45) is 0 Å². The number of hydrogen-bond acceptors (Lipinski definition) is 14. The Kier molecular flexibility index (Phi) is 115. The molecule has 0 aliphatic carbocycles. The summed E-state index contributed by atoms with van der Waals surface area (Å²) in [7, 11) is 23.1. The fourth-order valence-electron chi connectivity index (χ4n) is 4.05. The van der Waals surface area contributed by atoms with Crippen LogP contribution in [-0.4, -0.2) is 192 Å². The van der Waals surface area contributed by atoms with E-state index < -0.39 is 0 Å². The van der Waals surface area contributed by atoms with Crippen LogP contribution >= 0.6 is 0 Å². The van der Waals surface area contributed by atoms with Crippen LogP contribution in [0.5, 0.6) is 0 Å². The van der Waals surface area contributed by atoms with E-state index in [2.05, 4.69) is 90.6 Å². The topological polar surface area (TPSA) is 129 Å². The number of hydrogen-bond donors (Lipinski definition) is 0. The number of ether oxygens (including phenoxy) is 14. The maximum Gasteiger partial charge on any atom is 2.00 e. The van der Waals surface area contributed by atoms with Crippen molar-refractivity contribution < 1.29 is 137 Å². The number of benzene rings is 4. The quantitative estimate of drug-likeness (QED) is 0.0501. The fourth-order valence-corrected chi connectivity index (χ4v) is 4.05. The van der Waals surface area contributed by atoms with Gasteiger partial charge in [0, 0.05) is 99.5 Å². The zero-order valence-electron chi connectivity index (χ0n) is 51.3. The van der Waals surface area contributed by atoms with Gasteiger partial charge in [0.1, 0.15) is 0 Å². The van der Waals surface area contributed by atoms with Crippen LogP contribution in [0.15, 0.2) is 158 Å². The smallest absolute Gasteiger partial charge is 0.382 e. The molecule has 14 nitrogen and oxygen atoms in total. The van der Waals surface area contributed by atoms with Gasteiger partial charge in [0.2, 0.25) is 0 Å². The van der Waals surface area contributed by atoms with E-state index in [4.69, 9.17) is 0 Å². The fraction of sp³-hybridized carbons (Fsp3) is 0.452. The van der Waals surface area contributed by atoms with Crippen LogP contribution in [0.1, 0.15) is 0 Å². The van der Waals surface area contributed by atoms with E-state index in [0.717, 1.165) is 22.3 Å². The zero-order valence-corrected chi connectivity index (χ0v) is 53.2. The molecule has 6 aromatic carbocycles. The van der Waals surface area contributed by atoms with Crippen LogP contribution in [0.4, 0.5) is 0 Å². The van der Waals surface area contributed by atoms with Gasteiger partial charge < -0.3 is 66.3 Å². The van der Waals surface area contributed by atoms with Gasteiger partial charge in [-0.2, -0.15) is 133 Å². The van der Waals surface area contributed by atoms with E-state index >= 15 is 0 Å². The van der Waals surface area contributed by atoms with Crippen LogP contribution in [-0.2, 0) is 99.3 Å². The van der Waals surface area contributed by atoms with Gasteiger partial charge >= 0.3 is 70.7 Å². The van der Waals surface area contributed by atoms with E-state index in [1.165, 1.54) is 0 Å². The number of rotatable bonds is 23. The molecule has 6 rings (SSSR count). The Morgan fingerprint density at radius 2 is 0.375 bits per heavy atom. The van der Waals surface area contributed by atoms with Gasteiger partial charge in [0.25, 0.3) is 0 Å². The predicted octanol–water partition coefficient (Wildman–Crippen LogP) is 4.68. The second kappa shape index (κ2) is 95.4. The summed E-state index contributed by atoms with van der Waals surface area (Å²) in [6, 6.07) is 64.3. The normalized spacial score (nSPS) is 8.62. The molecule has 0 aliphatic heterocycles. The van der Waals surface area contributed by atoms with Gasteiger partial charge in [-0.3, -0.25) is 0 Å². The van der Waals surface area contributed by atoms with E-state index in [1.54, 1.807) is 99.5 Å². The summed E-state index contributed by atoms with van der Waals surface area (Å²) < 4.78 is 65.2. The van der Waals surface area contributed by atoms with Gasteiger partial charge in [0.05, 0.1) is 92.5 Å². The van der Waals surface area contributed by atoms with Gasteiger partial charge in [0.15, 0.2) is 0 Å². The van der Waals surface area contributed by atoms with Gasteiger partial charge in [-0.1, -0.05) is 0 Å². The Labute approximate surface area is 529 Å². The molecular weight excluding hydrogens is 1100 g/mol. The van der Waals surface area contributed by atoms with Crippen molar-refractivity contribution in [1.82, 2.24) is 0 Å². The SMILES string of the molecule is COCCOC.COCCOC.COCCOC.COCCOC.COCCOC.COCCOC.COCCOC.[Li+].[Li+].[Ni+2].[Ni+2].[c-]1ccccc1-c1[c-]cccc1.[c-]1ccccc1-c1[c-]cccc1.c1cc[cH-]c1.c1cc[cH-]c1. The summed E-state index contributed by atoms with van der Waals surface area (Å²) >= 11 is 0. The molecule has 0 aromatic heterocycles. The molecular formula is C62H96Li2Ni2O14. The largest absolute Gasteiger partial charge is 2.00 e. The first kappa shape index (κ1) is 96.4. The first-order valence-electron chi connectivity index (χ1n) is 24.4. The Balaban J connectivity index is -0.000000100. The third kappa shape index (κ3) is 89.0. The van der Waals surface area contributed by atoms with Crippen LogP contribution < -0.4 is 37.7 Å². The maximum atomic E-state index is 4.66. The van der Waals surface area contributed by atoms with Crippen LogP contribution in [0.3, 0.4) is 0 Å².